The molecule has 1 fully saturated rings. The van der Waals surface area contributed by atoms with E-state index in [0.717, 1.165) is 23.0 Å². The maximum absolute atomic E-state index is 5.79. The number of para-hydroxylation sites is 1. The van der Waals surface area contributed by atoms with Crippen LogP contribution in [0.3, 0.4) is 0 Å². The summed E-state index contributed by atoms with van der Waals surface area (Å²) in [4.78, 5) is 6.85. The first-order chi connectivity index (χ1) is 14.1. The van der Waals surface area contributed by atoms with Crippen LogP contribution in [-0.4, -0.2) is 28.4 Å². The van der Waals surface area contributed by atoms with E-state index in [1.165, 1.54) is 17.0 Å². The fraction of sp³-hybridized carbons (Fsp3) is 0.304. The highest BCUT2D eigenvalue weighted by Crippen LogP contribution is 2.43. The Hall–Kier alpha value is -2.70. The number of methoxy groups -OCH3 is 1. The third-order valence-electron chi connectivity index (χ3n) is 5.58. The third kappa shape index (κ3) is 3.66. The zero-order valence-corrected chi connectivity index (χ0v) is 17.8. The molecular formula is C23H26N4OS. The summed E-state index contributed by atoms with van der Waals surface area (Å²) in [6, 6.07) is 18.6. The molecule has 3 heterocycles. The number of hydrogen-bond acceptors (Lipinski definition) is 3. The van der Waals surface area contributed by atoms with E-state index in [0.29, 0.717) is 6.61 Å². The molecule has 0 unspecified atom stereocenters. The van der Waals surface area contributed by atoms with E-state index in [1.54, 1.807) is 7.11 Å². The topological polar surface area (TPSA) is 42.3 Å². The number of anilines is 1. The van der Waals surface area contributed by atoms with Gasteiger partial charge in [0.2, 0.25) is 0 Å². The number of rotatable bonds is 6. The van der Waals surface area contributed by atoms with Gasteiger partial charge in [0.05, 0.1) is 24.4 Å². The van der Waals surface area contributed by atoms with Crippen LogP contribution in [0, 0.1) is 13.8 Å². The Balaban J connectivity index is 1.83. The van der Waals surface area contributed by atoms with Crippen LogP contribution < -0.4 is 10.2 Å². The fourth-order valence-corrected chi connectivity index (χ4v) is 4.54. The summed E-state index contributed by atoms with van der Waals surface area (Å²) in [6.07, 6.45) is 1.84. The lowest BCUT2D eigenvalue weighted by atomic mass is 9.96. The molecule has 0 radical (unpaired) electrons. The number of benzene rings is 1. The monoisotopic (exact) mass is 406 g/mol. The van der Waals surface area contributed by atoms with E-state index < -0.39 is 0 Å². The van der Waals surface area contributed by atoms with Gasteiger partial charge in [0.15, 0.2) is 5.11 Å². The Morgan fingerprint density at radius 1 is 1.10 bits per heavy atom. The second-order valence-corrected chi connectivity index (χ2v) is 7.69. The van der Waals surface area contributed by atoms with Crippen LogP contribution in [0.1, 0.15) is 34.7 Å². The molecule has 0 aliphatic carbocycles. The van der Waals surface area contributed by atoms with Gasteiger partial charge in [0.25, 0.3) is 0 Å². The first-order valence-electron chi connectivity index (χ1n) is 9.83. The van der Waals surface area contributed by atoms with Gasteiger partial charge in [-0.15, -0.1) is 0 Å². The highest BCUT2D eigenvalue weighted by atomic mass is 32.1. The maximum atomic E-state index is 5.79. The number of pyridine rings is 1. The Kier molecular flexibility index (Phi) is 5.65. The molecule has 1 aromatic carbocycles. The first-order valence-corrected chi connectivity index (χ1v) is 10.2. The average molecular weight is 407 g/mol. The number of ether oxygens (including phenoxy) is 1. The minimum atomic E-state index is -0.0275. The van der Waals surface area contributed by atoms with Gasteiger partial charge in [-0.1, -0.05) is 24.3 Å². The van der Waals surface area contributed by atoms with E-state index in [2.05, 4.69) is 57.9 Å². The van der Waals surface area contributed by atoms with Crippen LogP contribution >= 0.6 is 12.2 Å². The summed E-state index contributed by atoms with van der Waals surface area (Å²) in [6.45, 7) is 5.84. The van der Waals surface area contributed by atoms with Crippen LogP contribution in [-0.2, 0) is 11.3 Å². The van der Waals surface area contributed by atoms with Crippen molar-refractivity contribution in [3.63, 3.8) is 0 Å². The SMILES string of the molecule is COCCn1c(C)cc([C@@H]2[C@H](c3ccccn3)NC(=S)N2c2ccccc2)c1C. The molecule has 0 bridgehead atoms. The number of hydrogen-bond donors (Lipinski definition) is 1. The summed E-state index contributed by atoms with van der Waals surface area (Å²) in [5.41, 5.74) is 5.78. The van der Waals surface area contributed by atoms with Crippen LogP contribution in [0.5, 0.6) is 0 Å². The molecule has 1 aliphatic rings. The van der Waals surface area contributed by atoms with Gasteiger partial charge < -0.3 is 19.5 Å². The predicted octanol–water partition coefficient (Wildman–Crippen LogP) is 4.32. The van der Waals surface area contributed by atoms with Crippen molar-refractivity contribution in [3.05, 3.63) is 83.4 Å². The lowest BCUT2D eigenvalue weighted by Gasteiger charge is -2.28. The van der Waals surface area contributed by atoms with Crippen molar-refractivity contribution in [2.75, 3.05) is 18.6 Å². The van der Waals surface area contributed by atoms with Gasteiger partial charge in [-0.25, -0.2) is 0 Å². The molecule has 5 nitrogen and oxygen atoms in total. The Morgan fingerprint density at radius 2 is 1.86 bits per heavy atom. The molecule has 1 saturated heterocycles. The smallest absolute Gasteiger partial charge is 0.174 e. The van der Waals surface area contributed by atoms with Crippen molar-refractivity contribution < 1.29 is 4.74 Å². The van der Waals surface area contributed by atoms with Gasteiger partial charge in [0, 0.05) is 36.9 Å². The van der Waals surface area contributed by atoms with Crippen LogP contribution in [0.15, 0.2) is 60.8 Å². The Morgan fingerprint density at radius 3 is 2.55 bits per heavy atom. The van der Waals surface area contributed by atoms with Gasteiger partial charge in [-0.2, -0.15) is 0 Å². The number of aryl methyl sites for hydroxylation is 1. The minimum absolute atomic E-state index is 0.0160. The lowest BCUT2D eigenvalue weighted by molar-refractivity contribution is 0.186. The normalized spacial score (nSPS) is 18.9. The third-order valence-corrected chi connectivity index (χ3v) is 5.90. The molecule has 6 heteroatoms. The Bertz CT molecular complexity index is 987. The number of nitrogens with zero attached hydrogens (tertiary/aromatic N) is 3. The molecule has 3 aromatic rings. The molecule has 2 aromatic heterocycles. The van der Waals surface area contributed by atoms with E-state index in [1.807, 2.05) is 36.5 Å². The molecular weight excluding hydrogens is 380 g/mol. The summed E-state index contributed by atoms with van der Waals surface area (Å²) < 4.78 is 7.63. The van der Waals surface area contributed by atoms with E-state index in [4.69, 9.17) is 17.0 Å². The lowest BCUT2D eigenvalue weighted by Crippen LogP contribution is -2.29. The quantitative estimate of drug-likeness (QED) is 0.618. The summed E-state index contributed by atoms with van der Waals surface area (Å²) >= 11 is 5.79. The zero-order valence-electron chi connectivity index (χ0n) is 17.0. The van der Waals surface area contributed by atoms with Crippen LogP contribution in [0.4, 0.5) is 5.69 Å². The molecule has 29 heavy (non-hydrogen) atoms. The molecule has 4 rings (SSSR count). The van der Waals surface area contributed by atoms with Crippen molar-refractivity contribution in [2.45, 2.75) is 32.5 Å². The molecule has 2 atom stereocenters. The second-order valence-electron chi connectivity index (χ2n) is 7.30. The molecule has 150 valence electrons. The van der Waals surface area contributed by atoms with Crippen molar-refractivity contribution in [2.24, 2.45) is 0 Å². The van der Waals surface area contributed by atoms with Crippen molar-refractivity contribution in [1.82, 2.24) is 14.9 Å². The van der Waals surface area contributed by atoms with E-state index >= 15 is 0 Å². The van der Waals surface area contributed by atoms with Gasteiger partial charge in [0.1, 0.15) is 0 Å². The molecule has 0 spiro atoms. The molecule has 1 N–H and O–H groups in total. The molecule has 0 saturated carbocycles. The van der Waals surface area contributed by atoms with Crippen molar-refractivity contribution in [1.29, 1.82) is 0 Å². The highest BCUT2D eigenvalue weighted by Gasteiger charge is 2.42. The fourth-order valence-electron chi connectivity index (χ4n) is 4.19. The summed E-state index contributed by atoms with van der Waals surface area (Å²) in [5, 5.41) is 4.25. The first kappa shape index (κ1) is 19.6. The predicted molar refractivity (Wildman–Crippen MR) is 120 cm³/mol. The number of aromatic nitrogens is 2. The second kappa shape index (κ2) is 8.35. The number of thiocarbonyl (C=S) groups is 1. The van der Waals surface area contributed by atoms with Gasteiger partial charge in [-0.05, 0) is 62.0 Å². The number of nitrogens with one attached hydrogen (secondary N) is 1. The largest absolute Gasteiger partial charge is 0.383 e. The summed E-state index contributed by atoms with van der Waals surface area (Å²) in [5.74, 6) is 0. The van der Waals surface area contributed by atoms with Gasteiger partial charge in [-0.3, -0.25) is 4.98 Å². The van der Waals surface area contributed by atoms with E-state index in [-0.39, 0.29) is 12.1 Å². The zero-order chi connectivity index (χ0) is 20.4. The molecule has 1 aliphatic heterocycles. The minimum Gasteiger partial charge on any atom is -0.383 e. The van der Waals surface area contributed by atoms with Crippen molar-refractivity contribution in [3.8, 4) is 0 Å². The summed E-state index contributed by atoms with van der Waals surface area (Å²) in [7, 11) is 1.74. The van der Waals surface area contributed by atoms with Crippen molar-refractivity contribution >= 4 is 23.0 Å². The van der Waals surface area contributed by atoms with Crippen LogP contribution in [0.25, 0.3) is 0 Å². The Labute approximate surface area is 177 Å². The molecule has 0 amide bonds. The maximum Gasteiger partial charge on any atom is 0.174 e. The van der Waals surface area contributed by atoms with Crippen LogP contribution in [0.2, 0.25) is 0 Å². The standard InChI is InChI=1S/C23H26N4OS/c1-16-15-19(17(2)26(16)13-14-28-3)22-21(20-11-7-8-12-24-20)25-23(29)27(22)18-9-5-4-6-10-18/h4-12,15,21-22H,13-14H2,1-3H3,(H,25,29)/t21-,22+/m0/s1. The van der Waals surface area contributed by atoms with Gasteiger partial charge >= 0.3 is 0 Å². The van der Waals surface area contributed by atoms with E-state index in [9.17, 15) is 0 Å². The highest BCUT2D eigenvalue weighted by molar-refractivity contribution is 7.80. The average Bonchev–Trinajstić information content (AvgIpc) is 3.23.